The minimum Gasteiger partial charge on any atom is -0.493 e. The second-order valence-corrected chi connectivity index (χ2v) is 9.63. The van der Waals surface area contributed by atoms with Crippen molar-refractivity contribution in [3.8, 4) is 17.2 Å². The third-order valence-corrected chi connectivity index (χ3v) is 6.20. The molecule has 0 radical (unpaired) electrons. The number of hydrogen-bond acceptors (Lipinski definition) is 6. The van der Waals surface area contributed by atoms with Crippen LogP contribution in [-0.4, -0.2) is 41.7 Å². The summed E-state index contributed by atoms with van der Waals surface area (Å²) in [6.07, 6.45) is 0. The summed E-state index contributed by atoms with van der Waals surface area (Å²) in [7, 11) is -0.472. The molecule has 2 aromatic carbocycles. The SMILES string of the molecule is COc1ccc(C(C)NC(=O)COc2ccc(S(=O)(=O)NCC(C)C)cc2C)cc1OC. The number of rotatable bonds is 11. The van der Waals surface area contributed by atoms with E-state index in [1.807, 2.05) is 26.8 Å². The zero-order valence-corrected chi connectivity index (χ0v) is 20.2. The molecule has 2 aromatic rings. The number of sulfonamides is 1. The van der Waals surface area contributed by atoms with Gasteiger partial charge in [0.15, 0.2) is 18.1 Å². The average molecular weight is 465 g/mol. The van der Waals surface area contributed by atoms with E-state index in [0.717, 1.165) is 5.56 Å². The third-order valence-electron chi connectivity index (χ3n) is 4.78. The molecule has 0 aromatic heterocycles. The maximum absolute atomic E-state index is 12.4. The summed E-state index contributed by atoms with van der Waals surface area (Å²) in [5.74, 6) is 1.53. The van der Waals surface area contributed by atoms with Gasteiger partial charge in [-0.2, -0.15) is 0 Å². The number of carbonyl (C=O) groups is 1. The van der Waals surface area contributed by atoms with Crippen molar-refractivity contribution in [2.75, 3.05) is 27.4 Å². The van der Waals surface area contributed by atoms with E-state index >= 15 is 0 Å². The topological polar surface area (TPSA) is 103 Å². The van der Waals surface area contributed by atoms with Crippen LogP contribution < -0.4 is 24.2 Å². The number of ether oxygens (including phenoxy) is 3. The van der Waals surface area contributed by atoms with Gasteiger partial charge in [0.05, 0.1) is 25.2 Å². The molecule has 0 aliphatic rings. The molecule has 2 N–H and O–H groups in total. The van der Waals surface area contributed by atoms with E-state index in [2.05, 4.69) is 10.0 Å². The highest BCUT2D eigenvalue weighted by Crippen LogP contribution is 2.30. The first-order chi connectivity index (χ1) is 15.1. The van der Waals surface area contributed by atoms with E-state index in [1.54, 1.807) is 39.3 Å². The first-order valence-corrected chi connectivity index (χ1v) is 11.8. The Kier molecular flexibility index (Phi) is 8.91. The minimum atomic E-state index is -3.59. The van der Waals surface area contributed by atoms with Crippen molar-refractivity contribution in [3.05, 3.63) is 47.5 Å². The van der Waals surface area contributed by atoms with Crippen LogP contribution in [0.4, 0.5) is 0 Å². The van der Waals surface area contributed by atoms with Crippen LogP contribution in [0.1, 0.15) is 37.9 Å². The molecule has 2 rings (SSSR count). The Bertz CT molecular complexity index is 1040. The largest absolute Gasteiger partial charge is 0.493 e. The van der Waals surface area contributed by atoms with Gasteiger partial charge in [0, 0.05) is 6.54 Å². The zero-order chi connectivity index (χ0) is 23.9. The molecule has 1 amide bonds. The number of benzene rings is 2. The molecule has 0 saturated heterocycles. The van der Waals surface area contributed by atoms with E-state index in [0.29, 0.717) is 29.4 Å². The molecule has 0 aliphatic heterocycles. The van der Waals surface area contributed by atoms with Crippen LogP contribution >= 0.6 is 0 Å². The van der Waals surface area contributed by atoms with Crippen LogP contribution in [0.5, 0.6) is 17.2 Å². The van der Waals surface area contributed by atoms with E-state index in [9.17, 15) is 13.2 Å². The van der Waals surface area contributed by atoms with E-state index in [4.69, 9.17) is 14.2 Å². The molecule has 0 fully saturated rings. The fourth-order valence-electron chi connectivity index (χ4n) is 2.94. The lowest BCUT2D eigenvalue weighted by atomic mass is 10.1. The summed E-state index contributed by atoms with van der Waals surface area (Å²) in [6, 6.07) is 9.72. The van der Waals surface area contributed by atoms with Gasteiger partial charge in [-0.25, -0.2) is 13.1 Å². The van der Waals surface area contributed by atoms with E-state index < -0.39 is 10.0 Å². The Balaban J connectivity index is 1.98. The van der Waals surface area contributed by atoms with Crippen LogP contribution in [0, 0.1) is 12.8 Å². The first-order valence-electron chi connectivity index (χ1n) is 10.3. The lowest BCUT2D eigenvalue weighted by Gasteiger charge is -2.17. The number of nitrogens with one attached hydrogen (secondary N) is 2. The number of carbonyl (C=O) groups excluding carboxylic acids is 1. The second kappa shape index (κ2) is 11.2. The fraction of sp³-hybridized carbons (Fsp3) is 0.435. The van der Waals surface area contributed by atoms with Gasteiger partial charge in [-0.3, -0.25) is 4.79 Å². The van der Waals surface area contributed by atoms with Crippen molar-refractivity contribution >= 4 is 15.9 Å². The van der Waals surface area contributed by atoms with Gasteiger partial charge in [0.1, 0.15) is 5.75 Å². The van der Waals surface area contributed by atoms with Crippen molar-refractivity contribution < 1.29 is 27.4 Å². The maximum Gasteiger partial charge on any atom is 0.258 e. The Labute approximate surface area is 190 Å². The van der Waals surface area contributed by atoms with Crippen LogP contribution in [0.2, 0.25) is 0 Å². The molecule has 32 heavy (non-hydrogen) atoms. The summed E-state index contributed by atoms with van der Waals surface area (Å²) in [5.41, 5.74) is 1.48. The molecule has 8 nitrogen and oxygen atoms in total. The van der Waals surface area contributed by atoms with Gasteiger partial charge in [-0.15, -0.1) is 0 Å². The second-order valence-electron chi connectivity index (χ2n) is 7.87. The standard InChI is InChI=1S/C23H32N2O6S/c1-15(2)13-24-32(27,28)19-8-10-20(16(3)11-19)31-14-23(26)25-17(4)18-7-9-21(29-5)22(12-18)30-6/h7-12,15,17,24H,13-14H2,1-6H3,(H,25,26). The Morgan fingerprint density at radius 2 is 1.62 bits per heavy atom. The summed E-state index contributed by atoms with van der Waals surface area (Å²) < 4.78 is 43.5. The average Bonchev–Trinajstić information content (AvgIpc) is 2.76. The molecular formula is C23H32N2O6S. The number of hydrogen-bond donors (Lipinski definition) is 2. The summed E-state index contributed by atoms with van der Waals surface area (Å²) in [4.78, 5) is 12.5. The predicted molar refractivity (Wildman–Crippen MR) is 123 cm³/mol. The van der Waals surface area contributed by atoms with Crippen molar-refractivity contribution in [1.29, 1.82) is 0 Å². The predicted octanol–water partition coefficient (Wildman–Crippen LogP) is 3.20. The highest BCUT2D eigenvalue weighted by molar-refractivity contribution is 7.89. The zero-order valence-electron chi connectivity index (χ0n) is 19.4. The van der Waals surface area contributed by atoms with Crippen LogP contribution in [0.3, 0.4) is 0 Å². The molecular weight excluding hydrogens is 432 g/mol. The Morgan fingerprint density at radius 3 is 2.22 bits per heavy atom. The van der Waals surface area contributed by atoms with Gasteiger partial charge in [-0.05, 0) is 61.2 Å². The van der Waals surface area contributed by atoms with E-state index in [1.165, 1.54) is 12.1 Å². The van der Waals surface area contributed by atoms with Crippen molar-refractivity contribution in [2.24, 2.45) is 5.92 Å². The highest BCUT2D eigenvalue weighted by atomic mass is 32.2. The molecule has 176 valence electrons. The van der Waals surface area contributed by atoms with Crippen LogP contribution in [-0.2, 0) is 14.8 Å². The van der Waals surface area contributed by atoms with E-state index in [-0.39, 0.29) is 29.4 Å². The lowest BCUT2D eigenvalue weighted by Crippen LogP contribution is -2.31. The first kappa shape index (κ1) is 25.5. The molecule has 1 atom stereocenters. The summed E-state index contributed by atoms with van der Waals surface area (Å²) in [6.45, 7) is 7.62. The van der Waals surface area contributed by atoms with Gasteiger partial charge >= 0.3 is 0 Å². The fourth-order valence-corrected chi connectivity index (χ4v) is 4.24. The maximum atomic E-state index is 12.4. The third kappa shape index (κ3) is 6.86. The van der Waals surface area contributed by atoms with Gasteiger partial charge < -0.3 is 19.5 Å². The minimum absolute atomic E-state index is 0.162. The summed E-state index contributed by atoms with van der Waals surface area (Å²) >= 11 is 0. The molecule has 1 unspecified atom stereocenters. The van der Waals surface area contributed by atoms with Gasteiger partial charge in [0.25, 0.3) is 5.91 Å². The van der Waals surface area contributed by atoms with Crippen LogP contribution in [0.25, 0.3) is 0 Å². The molecule has 0 aliphatic carbocycles. The quantitative estimate of drug-likeness (QED) is 0.529. The molecule has 0 bridgehead atoms. The lowest BCUT2D eigenvalue weighted by molar-refractivity contribution is -0.123. The molecule has 0 spiro atoms. The number of aryl methyl sites for hydroxylation is 1. The van der Waals surface area contributed by atoms with Gasteiger partial charge in [-0.1, -0.05) is 19.9 Å². The monoisotopic (exact) mass is 464 g/mol. The van der Waals surface area contributed by atoms with Crippen molar-refractivity contribution in [1.82, 2.24) is 10.0 Å². The normalized spacial score (nSPS) is 12.3. The Morgan fingerprint density at radius 1 is 0.969 bits per heavy atom. The number of amides is 1. The Hall–Kier alpha value is -2.78. The van der Waals surface area contributed by atoms with Gasteiger partial charge in [0.2, 0.25) is 10.0 Å². The molecule has 0 heterocycles. The van der Waals surface area contributed by atoms with Crippen LogP contribution in [0.15, 0.2) is 41.3 Å². The highest BCUT2D eigenvalue weighted by Gasteiger charge is 2.17. The number of methoxy groups -OCH3 is 2. The summed E-state index contributed by atoms with van der Waals surface area (Å²) in [5, 5.41) is 2.87. The molecule has 0 saturated carbocycles. The van der Waals surface area contributed by atoms with Crippen molar-refractivity contribution in [2.45, 2.75) is 38.6 Å². The molecule has 9 heteroatoms. The van der Waals surface area contributed by atoms with Crippen molar-refractivity contribution in [3.63, 3.8) is 0 Å². The smallest absolute Gasteiger partial charge is 0.258 e.